The number of pyridine rings is 1. The van der Waals surface area contributed by atoms with Gasteiger partial charge in [0.05, 0.1) is 0 Å². The fraction of sp³-hybridized carbons (Fsp3) is 0.542. The molecular weight excluding hydrogens is 375 g/mol. The molecule has 4 rings (SSSR count). The fourth-order valence-corrected chi connectivity index (χ4v) is 9.18. The van der Waals surface area contributed by atoms with Crippen LogP contribution in [0.2, 0.25) is 17.3 Å². The van der Waals surface area contributed by atoms with Gasteiger partial charge in [-0.2, -0.15) is 0 Å². The van der Waals surface area contributed by atoms with Crippen LogP contribution in [0.15, 0.2) is 36.5 Å². The molecule has 3 atom stereocenters. The molecule has 0 aliphatic heterocycles. The topological polar surface area (TPSA) is 3.88 Å². The third kappa shape index (κ3) is 3.40. The Morgan fingerprint density at radius 1 is 1.08 bits per heavy atom. The van der Waals surface area contributed by atoms with Gasteiger partial charge >= 0.3 is 162 Å². The van der Waals surface area contributed by atoms with Crippen molar-refractivity contribution in [2.24, 2.45) is 24.8 Å². The third-order valence-corrected chi connectivity index (χ3v) is 11.3. The average Bonchev–Trinajstić information content (AvgIpc) is 3.19. The van der Waals surface area contributed by atoms with E-state index >= 15 is 0 Å². The van der Waals surface area contributed by atoms with Crippen molar-refractivity contribution in [2.75, 3.05) is 0 Å². The summed E-state index contributed by atoms with van der Waals surface area (Å²) in [4.78, 5) is 0. The van der Waals surface area contributed by atoms with Gasteiger partial charge in [-0.1, -0.05) is 0 Å². The van der Waals surface area contributed by atoms with E-state index in [1.807, 2.05) is 0 Å². The molecule has 2 aliphatic rings. The predicted octanol–water partition coefficient (Wildman–Crippen LogP) is 5.01. The summed E-state index contributed by atoms with van der Waals surface area (Å²) >= 11 is -1.90. The van der Waals surface area contributed by atoms with Gasteiger partial charge in [0.25, 0.3) is 0 Å². The van der Waals surface area contributed by atoms with Gasteiger partial charge in [-0.3, -0.25) is 0 Å². The molecule has 2 aromatic rings. The monoisotopic (exact) mass is 410 g/mol. The van der Waals surface area contributed by atoms with Gasteiger partial charge in [0.1, 0.15) is 0 Å². The van der Waals surface area contributed by atoms with E-state index in [2.05, 4.69) is 72.3 Å². The molecule has 2 fully saturated rings. The zero-order valence-corrected chi connectivity index (χ0v) is 19.3. The Balaban J connectivity index is 1.77. The first-order valence-electron chi connectivity index (χ1n) is 10.4. The summed E-state index contributed by atoms with van der Waals surface area (Å²) in [6.07, 6.45) is 9.81. The molecule has 26 heavy (non-hydrogen) atoms. The van der Waals surface area contributed by atoms with Crippen LogP contribution in [0.4, 0.5) is 0 Å². The van der Waals surface area contributed by atoms with Crippen molar-refractivity contribution in [3.05, 3.63) is 47.7 Å². The predicted molar refractivity (Wildman–Crippen MR) is 113 cm³/mol. The zero-order chi connectivity index (χ0) is 18.5. The van der Waals surface area contributed by atoms with Gasteiger partial charge in [0, 0.05) is 0 Å². The quantitative estimate of drug-likeness (QED) is 0.494. The Bertz CT molecular complexity index is 817. The molecule has 1 nitrogen and oxygen atoms in total. The molecule has 2 aliphatic carbocycles. The SMILES string of the molecule is Cc1ccccc1-c1cc(CC2CC3CCC2C3)[c]([Ge]([CH3])([CH3])[CH3])c[n+]1C. The molecule has 2 heteroatoms. The van der Waals surface area contributed by atoms with E-state index < -0.39 is 13.3 Å². The normalized spacial score (nSPS) is 25.0. The fourth-order valence-electron chi connectivity index (χ4n) is 5.57. The van der Waals surface area contributed by atoms with Gasteiger partial charge in [0.2, 0.25) is 0 Å². The standard InChI is InChI=1S/C24H34GeN/c1-17-8-6-7-9-22(17)24-15-21(23(16-26(24)5)25(2,3)4)14-20-13-18-10-11-19(20)12-18/h6-9,15-16,18-20H,10-14H2,1-5H3/q+1. The van der Waals surface area contributed by atoms with Crippen LogP contribution < -0.4 is 8.96 Å². The summed E-state index contributed by atoms with van der Waals surface area (Å²) in [6, 6.07) is 11.4. The van der Waals surface area contributed by atoms with E-state index in [1.165, 1.54) is 48.9 Å². The summed E-state index contributed by atoms with van der Waals surface area (Å²) in [7, 11) is 2.24. The van der Waals surface area contributed by atoms with Crippen LogP contribution in [-0.2, 0) is 13.5 Å². The Labute approximate surface area is 162 Å². The summed E-state index contributed by atoms with van der Waals surface area (Å²) in [5.74, 6) is 10.6. The first-order valence-corrected chi connectivity index (χ1v) is 17.8. The minimum atomic E-state index is -1.90. The molecule has 1 heterocycles. The average molecular weight is 409 g/mol. The van der Waals surface area contributed by atoms with Crippen LogP contribution in [0, 0.1) is 24.7 Å². The van der Waals surface area contributed by atoms with Gasteiger partial charge < -0.3 is 0 Å². The number of fused-ring (bicyclic) bond motifs is 2. The van der Waals surface area contributed by atoms with Gasteiger partial charge in [-0.05, 0) is 0 Å². The van der Waals surface area contributed by atoms with Crippen molar-refractivity contribution >= 4 is 17.7 Å². The molecule has 1 aromatic carbocycles. The Morgan fingerprint density at radius 2 is 1.85 bits per heavy atom. The molecule has 0 amide bonds. The second kappa shape index (κ2) is 6.82. The zero-order valence-electron chi connectivity index (χ0n) is 17.2. The molecule has 0 saturated heterocycles. The minimum absolute atomic E-state index is 0.940. The van der Waals surface area contributed by atoms with Crippen LogP contribution >= 0.6 is 0 Å². The van der Waals surface area contributed by atoms with Crippen molar-refractivity contribution < 1.29 is 4.57 Å². The number of benzene rings is 1. The molecule has 0 spiro atoms. The van der Waals surface area contributed by atoms with E-state index in [4.69, 9.17) is 0 Å². The van der Waals surface area contributed by atoms with E-state index in [1.54, 1.807) is 9.96 Å². The van der Waals surface area contributed by atoms with Gasteiger partial charge in [0.15, 0.2) is 0 Å². The number of aryl methyl sites for hydroxylation is 2. The number of hydrogen-bond acceptors (Lipinski definition) is 0. The van der Waals surface area contributed by atoms with Crippen LogP contribution in [0.1, 0.15) is 36.8 Å². The van der Waals surface area contributed by atoms with E-state index in [9.17, 15) is 0 Å². The maximum atomic E-state index is 2.56. The van der Waals surface area contributed by atoms with Gasteiger partial charge in [-0.25, -0.2) is 0 Å². The van der Waals surface area contributed by atoms with Crippen molar-refractivity contribution in [1.82, 2.24) is 0 Å². The van der Waals surface area contributed by atoms with E-state index in [-0.39, 0.29) is 0 Å². The maximum absolute atomic E-state index is 2.56. The van der Waals surface area contributed by atoms with Crippen molar-refractivity contribution in [3.8, 4) is 11.3 Å². The first kappa shape index (κ1) is 18.3. The number of nitrogens with zero attached hydrogens (tertiary/aromatic N) is 1. The molecule has 0 N–H and O–H groups in total. The van der Waals surface area contributed by atoms with Crippen LogP contribution in [-0.4, -0.2) is 13.3 Å². The molecule has 3 unspecified atom stereocenters. The van der Waals surface area contributed by atoms with Crippen LogP contribution in [0.5, 0.6) is 0 Å². The molecule has 138 valence electrons. The second-order valence-electron chi connectivity index (χ2n) is 9.91. The summed E-state index contributed by atoms with van der Waals surface area (Å²) in [5, 5.41) is 0. The third-order valence-electron chi connectivity index (χ3n) is 6.96. The number of rotatable bonds is 4. The van der Waals surface area contributed by atoms with E-state index in [0.29, 0.717) is 0 Å². The molecule has 2 saturated carbocycles. The Kier molecular flexibility index (Phi) is 4.79. The molecule has 0 radical (unpaired) electrons. The number of aromatic nitrogens is 1. The van der Waals surface area contributed by atoms with Gasteiger partial charge in [-0.15, -0.1) is 0 Å². The summed E-state index contributed by atoms with van der Waals surface area (Å²) < 4.78 is 4.10. The first-order chi connectivity index (χ1) is 12.3. The second-order valence-corrected chi connectivity index (χ2v) is 20.5. The Hall–Kier alpha value is -1.09. The Morgan fingerprint density at radius 3 is 2.46 bits per heavy atom. The summed E-state index contributed by atoms with van der Waals surface area (Å²) in [5.41, 5.74) is 5.82. The molecular formula is C24H34GeN+. The van der Waals surface area contributed by atoms with E-state index in [0.717, 1.165) is 17.8 Å². The van der Waals surface area contributed by atoms with Crippen molar-refractivity contribution in [3.63, 3.8) is 0 Å². The molecule has 1 aromatic heterocycles. The van der Waals surface area contributed by atoms with Crippen LogP contribution in [0.3, 0.4) is 0 Å². The van der Waals surface area contributed by atoms with Crippen molar-refractivity contribution in [1.29, 1.82) is 0 Å². The summed E-state index contributed by atoms with van der Waals surface area (Å²) in [6.45, 7) is 2.24. The molecule has 2 bridgehead atoms. The number of hydrogen-bond donors (Lipinski definition) is 0. The van der Waals surface area contributed by atoms with Crippen molar-refractivity contribution in [2.45, 2.75) is 56.3 Å². The van der Waals surface area contributed by atoms with Crippen LogP contribution in [0.25, 0.3) is 11.3 Å².